The first-order chi connectivity index (χ1) is 8.77. The van der Waals surface area contributed by atoms with E-state index < -0.39 is 0 Å². The Morgan fingerprint density at radius 3 is 2.94 bits per heavy atom. The molecule has 0 saturated carbocycles. The monoisotopic (exact) mass is 309 g/mol. The third-order valence-electron chi connectivity index (χ3n) is 2.73. The van der Waals surface area contributed by atoms with Gasteiger partial charge in [0.2, 0.25) is 0 Å². The second kappa shape index (κ2) is 6.06. The summed E-state index contributed by atoms with van der Waals surface area (Å²) < 4.78 is 3.00. The summed E-state index contributed by atoms with van der Waals surface area (Å²) in [6.07, 6.45) is 6.19. The Kier molecular flexibility index (Phi) is 4.43. The predicted octanol–water partition coefficient (Wildman–Crippen LogP) is 2.15. The van der Waals surface area contributed by atoms with Gasteiger partial charge in [0.15, 0.2) is 0 Å². The summed E-state index contributed by atoms with van der Waals surface area (Å²) in [5, 5.41) is 7.67. The Morgan fingerprint density at radius 1 is 1.50 bits per heavy atom. The lowest BCUT2D eigenvalue weighted by Gasteiger charge is -2.18. The van der Waals surface area contributed by atoms with Crippen LogP contribution in [-0.2, 0) is 6.54 Å². The van der Waals surface area contributed by atoms with Crippen molar-refractivity contribution in [1.29, 1.82) is 0 Å². The lowest BCUT2D eigenvalue weighted by atomic mass is 10.1. The lowest BCUT2D eigenvalue weighted by molar-refractivity contribution is 0.527. The summed E-state index contributed by atoms with van der Waals surface area (Å²) in [7, 11) is 1.92. The quantitative estimate of drug-likeness (QED) is 0.919. The molecule has 0 aromatic carbocycles. The zero-order valence-corrected chi connectivity index (χ0v) is 12.1. The van der Waals surface area contributed by atoms with Gasteiger partial charge in [-0.2, -0.15) is 5.10 Å². The lowest BCUT2D eigenvalue weighted by Crippen LogP contribution is -2.23. The third-order valence-corrected chi connectivity index (χ3v) is 3.34. The van der Waals surface area contributed by atoms with Gasteiger partial charge < -0.3 is 5.32 Å². The SMILES string of the molecule is CCCn1ncc(Br)c1C(NC)c1ccncn1. The van der Waals surface area contributed by atoms with Gasteiger partial charge in [-0.15, -0.1) is 0 Å². The Labute approximate surface area is 115 Å². The zero-order valence-electron chi connectivity index (χ0n) is 10.5. The molecule has 1 N–H and O–H groups in total. The predicted molar refractivity (Wildman–Crippen MR) is 73.2 cm³/mol. The van der Waals surface area contributed by atoms with Gasteiger partial charge in [-0.25, -0.2) is 9.97 Å². The van der Waals surface area contributed by atoms with Crippen molar-refractivity contribution in [3.63, 3.8) is 0 Å². The van der Waals surface area contributed by atoms with Crippen molar-refractivity contribution < 1.29 is 0 Å². The Balaban J connectivity index is 2.41. The van der Waals surface area contributed by atoms with E-state index in [2.05, 4.69) is 43.2 Å². The van der Waals surface area contributed by atoms with Crippen LogP contribution in [-0.4, -0.2) is 26.8 Å². The molecule has 0 radical (unpaired) electrons. The number of hydrogen-bond acceptors (Lipinski definition) is 4. The molecular weight excluding hydrogens is 294 g/mol. The van der Waals surface area contributed by atoms with E-state index in [1.807, 2.05) is 24.0 Å². The van der Waals surface area contributed by atoms with Crippen molar-refractivity contribution in [2.24, 2.45) is 0 Å². The molecule has 2 rings (SSSR count). The molecule has 0 amide bonds. The number of rotatable bonds is 5. The minimum absolute atomic E-state index is 0.0106. The van der Waals surface area contributed by atoms with Crippen molar-refractivity contribution in [3.05, 3.63) is 40.6 Å². The smallest absolute Gasteiger partial charge is 0.115 e. The minimum Gasteiger partial charge on any atom is -0.307 e. The fourth-order valence-electron chi connectivity index (χ4n) is 1.95. The molecule has 0 aliphatic rings. The van der Waals surface area contributed by atoms with Crippen LogP contribution in [0.25, 0.3) is 0 Å². The van der Waals surface area contributed by atoms with E-state index in [-0.39, 0.29) is 6.04 Å². The summed E-state index contributed by atoms with van der Waals surface area (Å²) in [4.78, 5) is 8.26. The van der Waals surface area contributed by atoms with E-state index in [0.717, 1.165) is 28.8 Å². The zero-order chi connectivity index (χ0) is 13.0. The van der Waals surface area contributed by atoms with Gasteiger partial charge in [-0.3, -0.25) is 4.68 Å². The standard InChI is InChI=1S/C12H16BrN5/c1-3-6-18-12(9(13)7-17-18)11(14-2)10-4-5-15-8-16-10/h4-5,7-8,11,14H,3,6H2,1-2H3. The molecule has 0 bridgehead atoms. The van der Waals surface area contributed by atoms with Crippen LogP contribution in [0.4, 0.5) is 0 Å². The van der Waals surface area contributed by atoms with Crippen molar-refractivity contribution in [1.82, 2.24) is 25.1 Å². The molecule has 0 saturated heterocycles. The van der Waals surface area contributed by atoms with Crippen LogP contribution >= 0.6 is 15.9 Å². The van der Waals surface area contributed by atoms with Crippen LogP contribution in [0.15, 0.2) is 29.3 Å². The third kappa shape index (κ3) is 2.59. The molecule has 2 aromatic heterocycles. The number of hydrogen-bond donors (Lipinski definition) is 1. The molecule has 96 valence electrons. The van der Waals surface area contributed by atoms with Crippen LogP contribution in [0, 0.1) is 0 Å². The highest BCUT2D eigenvalue weighted by atomic mass is 79.9. The molecule has 1 atom stereocenters. The van der Waals surface area contributed by atoms with E-state index in [1.54, 1.807) is 12.5 Å². The van der Waals surface area contributed by atoms with Gasteiger partial charge in [0.05, 0.1) is 28.1 Å². The van der Waals surface area contributed by atoms with Crippen LogP contribution < -0.4 is 5.32 Å². The van der Waals surface area contributed by atoms with E-state index in [0.29, 0.717) is 0 Å². The fourth-order valence-corrected chi connectivity index (χ4v) is 2.47. The van der Waals surface area contributed by atoms with Crippen molar-refractivity contribution in [2.75, 3.05) is 7.05 Å². The maximum absolute atomic E-state index is 4.39. The molecular formula is C12H16BrN5. The largest absolute Gasteiger partial charge is 0.307 e. The van der Waals surface area contributed by atoms with Crippen LogP contribution in [0.2, 0.25) is 0 Å². The first kappa shape index (κ1) is 13.2. The summed E-state index contributed by atoms with van der Waals surface area (Å²) in [5.41, 5.74) is 2.03. The number of aromatic nitrogens is 4. The van der Waals surface area contributed by atoms with Gasteiger partial charge in [0.25, 0.3) is 0 Å². The van der Waals surface area contributed by atoms with Crippen LogP contribution in [0.5, 0.6) is 0 Å². The Morgan fingerprint density at radius 2 is 2.33 bits per heavy atom. The number of nitrogens with one attached hydrogen (secondary N) is 1. The number of aryl methyl sites for hydroxylation is 1. The molecule has 6 heteroatoms. The fraction of sp³-hybridized carbons (Fsp3) is 0.417. The van der Waals surface area contributed by atoms with Crippen molar-refractivity contribution in [3.8, 4) is 0 Å². The maximum Gasteiger partial charge on any atom is 0.115 e. The Hall–Kier alpha value is -1.27. The van der Waals surface area contributed by atoms with Crippen molar-refractivity contribution in [2.45, 2.75) is 25.9 Å². The van der Waals surface area contributed by atoms with Crippen LogP contribution in [0.1, 0.15) is 30.8 Å². The maximum atomic E-state index is 4.39. The molecule has 0 fully saturated rings. The molecule has 2 aromatic rings. The average Bonchev–Trinajstić information content (AvgIpc) is 2.75. The van der Waals surface area contributed by atoms with Crippen LogP contribution in [0.3, 0.4) is 0 Å². The van der Waals surface area contributed by atoms with E-state index in [9.17, 15) is 0 Å². The number of halogens is 1. The summed E-state index contributed by atoms with van der Waals surface area (Å²) in [6, 6.07) is 1.92. The minimum atomic E-state index is 0.0106. The molecule has 0 spiro atoms. The first-order valence-corrected chi connectivity index (χ1v) is 6.71. The van der Waals surface area contributed by atoms with Gasteiger partial charge in [0.1, 0.15) is 6.33 Å². The summed E-state index contributed by atoms with van der Waals surface area (Å²) in [5.74, 6) is 0. The normalized spacial score (nSPS) is 12.6. The average molecular weight is 310 g/mol. The second-order valence-electron chi connectivity index (χ2n) is 3.96. The Bertz CT molecular complexity index is 496. The summed E-state index contributed by atoms with van der Waals surface area (Å²) in [6.45, 7) is 3.03. The first-order valence-electron chi connectivity index (χ1n) is 5.92. The topological polar surface area (TPSA) is 55.6 Å². The summed E-state index contributed by atoms with van der Waals surface area (Å²) >= 11 is 3.56. The molecule has 1 unspecified atom stereocenters. The second-order valence-corrected chi connectivity index (χ2v) is 4.81. The highest BCUT2D eigenvalue weighted by Gasteiger charge is 2.21. The van der Waals surface area contributed by atoms with E-state index >= 15 is 0 Å². The molecule has 2 heterocycles. The van der Waals surface area contributed by atoms with E-state index in [1.165, 1.54) is 0 Å². The van der Waals surface area contributed by atoms with Gasteiger partial charge in [-0.05, 0) is 35.5 Å². The number of nitrogens with zero attached hydrogens (tertiary/aromatic N) is 4. The van der Waals surface area contributed by atoms with Gasteiger partial charge >= 0.3 is 0 Å². The van der Waals surface area contributed by atoms with Gasteiger partial charge in [-0.1, -0.05) is 6.92 Å². The van der Waals surface area contributed by atoms with Crippen molar-refractivity contribution >= 4 is 15.9 Å². The van der Waals surface area contributed by atoms with E-state index in [4.69, 9.17) is 0 Å². The van der Waals surface area contributed by atoms with Gasteiger partial charge in [0, 0.05) is 12.7 Å². The highest BCUT2D eigenvalue weighted by Crippen LogP contribution is 2.27. The molecule has 0 aliphatic carbocycles. The molecule has 5 nitrogen and oxygen atoms in total. The highest BCUT2D eigenvalue weighted by molar-refractivity contribution is 9.10. The molecule has 0 aliphatic heterocycles. The molecule has 18 heavy (non-hydrogen) atoms.